The van der Waals surface area contributed by atoms with Crippen LogP contribution < -0.4 is 0 Å². The highest BCUT2D eigenvalue weighted by Crippen LogP contribution is 2.22. The lowest BCUT2D eigenvalue weighted by Crippen LogP contribution is -2.41. The molecule has 1 aliphatic carbocycles. The molecular formula is C13H25NO3. The molecule has 1 atom stereocenters. The van der Waals surface area contributed by atoms with Crippen molar-refractivity contribution >= 4 is 5.91 Å². The zero-order chi connectivity index (χ0) is 12.7. The number of hydrogen-bond donors (Lipinski definition) is 1. The van der Waals surface area contributed by atoms with Crippen molar-refractivity contribution in [2.24, 2.45) is 0 Å². The number of carbonyl (C=O) groups is 1. The molecule has 100 valence electrons. The van der Waals surface area contributed by atoms with Crippen LogP contribution >= 0.6 is 0 Å². The molecule has 1 N–H and O–H groups in total. The van der Waals surface area contributed by atoms with E-state index < -0.39 is 0 Å². The third-order valence-electron chi connectivity index (χ3n) is 3.37. The summed E-state index contributed by atoms with van der Waals surface area (Å²) in [5, 5.41) is 8.83. The van der Waals surface area contributed by atoms with Gasteiger partial charge in [-0.1, -0.05) is 26.2 Å². The third-order valence-corrected chi connectivity index (χ3v) is 3.37. The highest BCUT2D eigenvalue weighted by Gasteiger charge is 2.25. The standard InChI is InChI=1S/C13H25NO3/c1-3-12(13(16)14(2)9-10-15)17-11-7-5-4-6-8-11/h11-12,15H,3-10H2,1-2H3. The molecule has 1 aliphatic rings. The number of hydrogen-bond acceptors (Lipinski definition) is 3. The molecule has 1 amide bonds. The van der Waals surface area contributed by atoms with E-state index in [0.29, 0.717) is 13.0 Å². The van der Waals surface area contributed by atoms with Gasteiger partial charge in [-0.05, 0) is 19.3 Å². The molecule has 0 aromatic carbocycles. The number of likely N-dealkylation sites (N-methyl/N-ethyl adjacent to an activating group) is 1. The van der Waals surface area contributed by atoms with Gasteiger partial charge in [0, 0.05) is 13.6 Å². The van der Waals surface area contributed by atoms with Crippen molar-refractivity contribution < 1.29 is 14.6 Å². The predicted octanol–water partition coefficient (Wildman–Crippen LogP) is 1.56. The number of aliphatic hydroxyl groups excluding tert-OH is 1. The highest BCUT2D eigenvalue weighted by atomic mass is 16.5. The van der Waals surface area contributed by atoms with Crippen molar-refractivity contribution in [3.05, 3.63) is 0 Å². The van der Waals surface area contributed by atoms with Crippen LogP contribution in [0.3, 0.4) is 0 Å². The van der Waals surface area contributed by atoms with E-state index in [4.69, 9.17) is 9.84 Å². The van der Waals surface area contributed by atoms with E-state index in [1.54, 1.807) is 11.9 Å². The fraction of sp³-hybridized carbons (Fsp3) is 0.923. The molecule has 1 rings (SSSR count). The molecule has 4 heteroatoms. The van der Waals surface area contributed by atoms with Crippen LogP contribution in [0.4, 0.5) is 0 Å². The average molecular weight is 243 g/mol. The SMILES string of the molecule is CCC(OC1CCCCC1)C(=O)N(C)CCO. The van der Waals surface area contributed by atoms with Crippen molar-refractivity contribution in [3.63, 3.8) is 0 Å². The third kappa shape index (κ3) is 4.64. The fourth-order valence-corrected chi connectivity index (χ4v) is 2.27. The van der Waals surface area contributed by atoms with Crippen LogP contribution in [0.5, 0.6) is 0 Å². The normalized spacial score (nSPS) is 19.0. The number of aliphatic hydroxyl groups is 1. The lowest BCUT2D eigenvalue weighted by atomic mass is 9.97. The largest absolute Gasteiger partial charge is 0.395 e. The van der Waals surface area contributed by atoms with Gasteiger partial charge < -0.3 is 14.7 Å². The van der Waals surface area contributed by atoms with Crippen LogP contribution in [-0.2, 0) is 9.53 Å². The van der Waals surface area contributed by atoms with E-state index in [9.17, 15) is 4.79 Å². The summed E-state index contributed by atoms with van der Waals surface area (Å²) in [6, 6.07) is 0. The fourth-order valence-electron chi connectivity index (χ4n) is 2.27. The van der Waals surface area contributed by atoms with Crippen molar-refractivity contribution in [1.82, 2.24) is 4.90 Å². The molecule has 0 aromatic heterocycles. The molecule has 0 heterocycles. The van der Waals surface area contributed by atoms with Gasteiger partial charge in [0.25, 0.3) is 5.91 Å². The lowest BCUT2D eigenvalue weighted by Gasteiger charge is -2.28. The van der Waals surface area contributed by atoms with Gasteiger partial charge in [-0.2, -0.15) is 0 Å². The van der Waals surface area contributed by atoms with Gasteiger partial charge in [0.1, 0.15) is 6.10 Å². The number of rotatable bonds is 6. The predicted molar refractivity (Wildman–Crippen MR) is 66.8 cm³/mol. The maximum atomic E-state index is 12.0. The number of ether oxygens (including phenoxy) is 1. The van der Waals surface area contributed by atoms with E-state index in [0.717, 1.165) is 12.8 Å². The molecule has 1 fully saturated rings. The Morgan fingerprint density at radius 1 is 1.41 bits per heavy atom. The summed E-state index contributed by atoms with van der Waals surface area (Å²) in [5.74, 6) is -0.00729. The minimum atomic E-state index is -0.338. The molecular weight excluding hydrogens is 218 g/mol. The maximum absolute atomic E-state index is 12.0. The monoisotopic (exact) mass is 243 g/mol. The van der Waals surface area contributed by atoms with Crippen LogP contribution in [0.25, 0.3) is 0 Å². The van der Waals surface area contributed by atoms with Crippen molar-refractivity contribution in [2.45, 2.75) is 57.7 Å². The molecule has 0 aromatic rings. The van der Waals surface area contributed by atoms with Crippen molar-refractivity contribution in [2.75, 3.05) is 20.2 Å². The molecule has 17 heavy (non-hydrogen) atoms. The second kappa shape index (κ2) is 7.67. The maximum Gasteiger partial charge on any atom is 0.251 e. The molecule has 0 saturated heterocycles. The Labute approximate surface area is 104 Å². The molecule has 0 aliphatic heterocycles. The first kappa shape index (κ1) is 14.5. The Morgan fingerprint density at radius 2 is 2.06 bits per heavy atom. The second-order valence-electron chi connectivity index (χ2n) is 4.78. The number of carbonyl (C=O) groups excluding carboxylic acids is 1. The minimum Gasteiger partial charge on any atom is -0.395 e. The zero-order valence-corrected chi connectivity index (χ0v) is 11.0. The van der Waals surface area contributed by atoms with Gasteiger partial charge in [0.05, 0.1) is 12.7 Å². The summed E-state index contributed by atoms with van der Waals surface area (Å²) in [4.78, 5) is 13.6. The van der Waals surface area contributed by atoms with Crippen LogP contribution in [0.1, 0.15) is 45.4 Å². The van der Waals surface area contributed by atoms with E-state index in [1.807, 2.05) is 6.92 Å². The van der Waals surface area contributed by atoms with Crippen LogP contribution in [0.15, 0.2) is 0 Å². The molecule has 1 saturated carbocycles. The first-order valence-electron chi connectivity index (χ1n) is 6.70. The Balaban J connectivity index is 2.43. The van der Waals surface area contributed by atoms with Gasteiger partial charge in [-0.3, -0.25) is 4.79 Å². The lowest BCUT2D eigenvalue weighted by molar-refractivity contribution is -0.148. The van der Waals surface area contributed by atoms with Crippen molar-refractivity contribution in [1.29, 1.82) is 0 Å². The molecule has 0 radical (unpaired) electrons. The summed E-state index contributed by atoms with van der Waals surface area (Å²) in [6.07, 6.45) is 6.47. The molecule has 0 spiro atoms. The first-order valence-corrected chi connectivity index (χ1v) is 6.70. The summed E-state index contributed by atoms with van der Waals surface area (Å²) < 4.78 is 5.90. The topological polar surface area (TPSA) is 49.8 Å². The van der Waals surface area contributed by atoms with Gasteiger partial charge in [-0.25, -0.2) is 0 Å². The Hall–Kier alpha value is -0.610. The summed E-state index contributed by atoms with van der Waals surface area (Å²) in [7, 11) is 1.71. The van der Waals surface area contributed by atoms with E-state index in [1.165, 1.54) is 19.3 Å². The Bertz CT molecular complexity index is 227. The van der Waals surface area contributed by atoms with Crippen LogP contribution in [0.2, 0.25) is 0 Å². The highest BCUT2D eigenvalue weighted by molar-refractivity contribution is 5.80. The molecule has 1 unspecified atom stereocenters. The van der Waals surface area contributed by atoms with Crippen LogP contribution in [-0.4, -0.2) is 48.3 Å². The summed E-state index contributed by atoms with van der Waals surface area (Å²) in [5.41, 5.74) is 0. The number of nitrogens with zero attached hydrogens (tertiary/aromatic N) is 1. The van der Waals surface area contributed by atoms with Gasteiger partial charge >= 0.3 is 0 Å². The van der Waals surface area contributed by atoms with Gasteiger partial charge in [0.2, 0.25) is 0 Å². The Morgan fingerprint density at radius 3 is 2.59 bits per heavy atom. The van der Waals surface area contributed by atoms with E-state index in [2.05, 4.69) is 0 Å². The molecule has 0 bridgehead atoms. The van der Waals surface area contributed by atoms with Crippen LogP contribution in [0, 0.1) is 0 Å². The van der Waals surface area contributed by atoms with E-state index in [-0.39, 0.29) is 24.7 Å². The Kier molecular flexibility index (Phi) is 6.52. The quantitative estimate of drug-likeness (QED) is 0.770. The second-order valence-corrected chi connectivity index (χ2v) is 4.78. The summed E-state index contributed by atoms with van der Waals surface area (Å²) in [6.45, 7) is 2.35. The minimum absolute atomic E-state index is 0.00209. The zero-order valence-electron chi connectivity index (χ0n) is 11.0. The average Bonchev–Trinajstić information content (AvgIpc) is 2.36. The number of amides is 1. The van der Waals surface area contributed by atoms with Crippen molar-refractivity contribution in [3.8, 4) is 0 Å². The van der Waals surface area contributed by atoms with Gasteiger partial charge in [-0.15, -0.1) is 0 Å². The smallest absolute Gasteiger partial charge is 0.251 e. The molecule has 4 nitrogen and oxygen atoms in total. The summed E-state index contributed by atoms with van der Waals surface area (Å²) >= 11 is 0. The van der Waals surface area contributed by atoms with Gasteiger partial charge in [0.15, 0.2) is 0 Å². The van der Waals surface area contributed by atoms with E-state index >= 15 is 0 Å². The first-order chi connectivity index (χ1) is 8.19.